The van der Waals surface area contributed by atoms with E-state index in [1.807, 2.05) is 0 Å². The summed E-state index contributed by atoms with van der Waals surface area (Å²) in [6.07, 6.45) is -6.84. The van der Waals surface area contributed by atoms with Crippen molar-refractivity contribution in [1.82, 2.24) is 0 Å². The van der Waals surface area contributed by atoms with Gasteiger partial charge in [0.05, 0.1) is 6.61 Å². The summed E-state index contributed by atoms with van der Waals surface area (Å²) in [4.78, 5) is 9.90. The average Bonchev–Trinajstić information content (AvgIpc) is 2.12. The number of aliphatic hydroxyl groups excluding tert-OH is 5. The van der Waals surface area contributed by atoms with Crippen molar-refractivity contribution in [2.75, 3.05) is 6.61 Å². The van der Waals surface area contributed by atoms with Gasteiger partial charge in [-0.2, -0.15) is 0 Å². The second-order valence-corrected chi connectivity index (χ2v) is 2.36. The van der Waals surface area contributed by atoms with Gasteiger partial charge in [-0.1, -0.05) is 0 Å². The Balaban J connectivity index is 4.07. The van der Waals surface area contributed by atoms with Crippen molar-refractivity contribution in [3.05, 3.63) is 0 Å². The summed E-state index contributed by atoms with van der Waals surface area (Å²) < 4.78 is 0. The summed E-state index contributed by atoms with van der Waals surface area (Å²) in [5, 5.41) is 43.5. The van der Waals surface area contributed by atoms with E-state index in [1.54, 1.807) is 0 Å². The summed E-state index contributed by atoms with van der Waals surface area (Å²) in [6, 6.07) is 0. The van der Waals surface area contributed by atoms with Gasteiger partial charge in [-0.05, 0) is 0 Å². The highest BCUT2D eigenvalue weighted by Gasteiger charge is 2.29. The minimum atomic E-state index is -1.79. The maximum atomic E-state index is 9.90. The van der Waals surface area contributed by atoms with Crippen molar-refractivity contribution in [3.63, 3.8) is 0 Å². The SMILES string of the molecule is O=C[C@H](O)[C@@H](O)[C@H](O)[13C@H](O)CO. The van der Waals surface area contributed by atoms with Gasteiger partial charge < -0.3 is 30.3 Å². The Hall–Kier alpha value is -0.530. The minimum Gasteiger partial charge on any atom is -0.394 e. The van der Waals surface area contributed by atoms with Crippen molar-refractivity contribution < 1.29 is 30.3 Å². The van der Waals surface area contributed by atoms with Gasteiger partial charge in [0.15, 0.2) is 6.29 Å². The quantitative estimate of drug-likeness (QED) is 0.223. The number of rotatable bonds is 5. The van der Waals surface area contributed by atoms with Crippen LogP contribution in [0, 0.1) is 0 Å². The van der Waals surface area contributed by atoms with Crippen LogP contribution in [0.1, 0.15) is 0 Å². The number of carbonyl (C=O) groups is 1. The summed E-state index contributed by atoms with van der Waals surface area (Å²) in [6.45, 7) is -0.760. The first-order chi connectivity index (χ1) is 5.54. The molecule has 0 saturated carbocycles. The van der Waals surface area contributed by atoms with Crippen molar-refractivity contribution >= 4 is 6.29 Å². The zero-order chi connectivity index (χ0) is 9.72. The van der Waals surface area contributed by atoms with Crippen LogP contribution in [0.15, 0.2) is 0 Å². The minimum absolute atomic E-state index is 0.0258. The van der Waals surface area contributed by atoms with Gasteiger partial charge in [0.1, 0.15) is 24.4 Å². The van der Waals surface area contributed by atoms with E-state index in [0.29, 0.717) is 0 Å². The number of carbonyl (C=O) groups excluding carboxylic acids is 1. The molecule has 0 bridgehead atoms. The maximum absolute atomic E-state index is 9.90. The summed E-state index contributed by atoms with van der Waals surface area (Å²) >= 11 is 0. The van der Waals surface area contributed by atoms with Crippen LogP contribution in [-0.4, -0.2) is 62.8 Å². The van der Waals surface area contributed by atoms with Crippen LogP contribution in [-0.2, 0) is 4.79 Å². The number of aldehydes is 1. The van der Waals surface area contributed by atoms with Crippen LogP contribution < -0.4 is 0 Å². The molecule has 0 aromatic rings. The molecular formula is C6H12O6. The van der Waals surface area contributed by atoms with Gasteiger partial charge in [-0.3, -0.25) is 0 Å². The molecule has 0 aromatic heterocycles. The summed E-state index contributed by atoms with van der Waals surface area (Å²) in [5.41, 5.74) is 0. The number of aliphatic hydroxyl groups is 5. The molecule has 0 spiro atoms. The van der Waals surface area contributed by atoms with Gasteiger partial charge in [0, 0.05) is 0 Å². The molecular weight excluding hydrogens is 169 g/mol. The zero-order valence-corrected chi connectivity index (χ0v) is 6.24. The molecule has 0 amide bonds. The number of hydrogen-bond donors (Lipinski definition) is 5. The van der Waals surface area contributed by atoms with Crippen molar-refractivity contribution in [1.29, 1.82) is 0 Å². The molecule has 0 aliphatic rings. The molecule has 0 unspecified atom stereocenters. The highest BCUT2D eigenvalue weighted by Crippen LogP contribution is 2.02. The van der Waals surface area contributed by atoms with Crippen LogP contribution in [0.3, 0.4) is 0 Å². The van der Waals surface area contributed by atoms with Gasteiger partial charge in [-0.15, -0.1) is 0 Å². The topological polar surface area (TPSA) is 118 Å². The Morgan fingerprint density at radius 1 is 1.08 bits per heavy atom. The maximum Gasteiger partial charge on any atom is 0.151 e. The predicted molar refractivity (Wildman–Crippen MR) is 37.2 cm³/mol. The predicted octanol–water partition coefficient (Wildman–Crippen LogP) is -3.38. The smallest absolute Gasteiger partial charge is 0.151 e. The van der Waals surface area contributed by atoms with E-state index in [1.165, 1.54) is 0 Å². The Labute approximate surface area is 68.7 Å². The Kier molecular flexibility index (Phi) is 4.95. The first-order valence-electron chi connectivity index (χ1n) is 3.33. The van der Waals surface area contributed by atoms with Crippen LogP contribution in [0.2, 0.25) is 0 Å². The van der Waals surface area contributed by atoms with Crippen molar-refractivity contribution in [2.24, 2.45) is 0 Å². The molecule has 5 N–H and O–H groups in total. The van der Waals surface area contributed by atoms with E-state index in [9.17, 15) is 4.79 Å². The lowest BCUT2D eigenvalue weighted by Crippen LogP contribution is -2.46. The largest absolute Gasteiger partial charge is 0.394 e. The Bertz CT molecular complexity index is 138. The molecule has 0 aliphatic carbocycles. The molecule has 72 valence electrons. The molecule has 0 fully saturated rings. The van der Waals surface area contributed by atoms with Crippen molar-refractivity contribution in [3.8, 4) is 0 Å². The van der Waals surface area contributed by atoms with Crippen LogP contribution >= 0.6 is 0 Å². The van der Waals surface area contributed by atoms with E-state index in [-0.39, 0.29) is 6.29 Å². The monoisotopic (exact) mass is 181 g/mol. The second-order valence-electron chi connectivity index (χ2n) is 2.36. The Morgan fingerprint density at radius 3 is 1.92 bits per heavy atom. The first-order valence-corrected chi connectivity index (χ1v) is 3.33. The molecule has 0 aromatic carbocycles. The third-order valence-electron chi connectivity index (χ3n) is 1.42. The second kappa shape index (κ2) is 5.18. The van der Waals surface area contributed by atoms with E-state index in [2.05, 4.69) is 0 Å². The first kappa shape index (κ1) is 11.5. The summed E-state index contributed by atoms with van der Waals surface area (Å²) in [5.74, 6) is 0. The third-order valence-corrected chi connectivity index (χ3v) is 1.42. The van der Waals surface area contributed by atoms with Gasteiger partial charge in [0.2, 0.25) is 0 Å². The van der Waals surface area contributed by atoms with Gasteiger partial charge in [-0.25, -0.2) is 0 Å². The fraction of sp³-hybridized carbons (Fsp3) is 0.833. The Morgan fingerprint density at radius 2 is 1.58 bits per heavy atom. The van der Waals surface area contributed by atoms with E-state index in [4.69, 9.17) is 25.5 Å². The lowest BCUT2D eigenvalue weighted by atomic mass is 10.1. The molecule has 4 atom stereocenters. The molecule has 6 heteroatoms. The zero-order valence-electron chi connectivity index (χ0n) is 6.24. The van der Waals surface area contributed by atoms with Gasteiger partial charge in [0.25, 0.3) is 0 Å². The standard InChI is InChI=1S/C6H12O6/c7-1-3(9)5(11)6(12)4(10)2-8/h1,3-6,8-12H,2H2/t3-,4+,5+,6+/m0/s1/i4+1. The summed E-state index contributed by atoms with van der Waals surface area (Å²) in [7, 11) is 0. The van der Waals surface area contributed by atoms with Gasteiger partial charge >= 0.3 is 0 Å². The van der Waals surface area contributed by atoms with E-state index >= 15 is 0 Å². The molecule has 0 aliphatic heterocycles. The highest BCUT2D eigenvalue weighted by molar-refractivity contribution is 5.56. The molecule has 0 radical (unpaired) electrons. The average molecular weight is 181 g/mol. The van der Waals surface area contributed by atoms with Crippen molar-refractivity contribution in [2.45, 2.75) is 24.4 Å². The molecule has 12 heavy (non-hydrogen) atoms. The lowest BCUT2D eigenvalue weighted by molar-refractivity contribution is -0.136. The van der Waals surface area contributed by atoms with E-state index in [0.717, 1.165) is 0 Å². The van der Waals surface area contributed by atoms with Crippen LogP contribution in [0.25, 0.3) is 0 Å². The molecule has 0 rings (SSSR count). The fourth-order valence-corrected chi connectivity index (χ4v) is 0.618. The third kappa shape index (κ3) is 2.84. The normalized spacial score (nSPS) is 21.1. The number of hydrogen-bond acceptors (Lipinski definition) is 6. The van der Waals surface area contributed by atoms with Crippen LogP contribution in [0.4, 0.5) is 0 Å². The molecule has 0 heterocycles. The van der Waals surface area contributed by atoms with E-state index < -0.39 is 31.0 Å². The molecule has 0 saturated heterocycles. The fourth-order valence-electron chi connectivity index (χ4n) is 0.618. The lowest BCUT2D eigenvalue weighted by Gasteiger charge is -2.22. The van der Waals surface area contributed by atoms with Crippen LogP contribution in [0.5, 0.6) is 0 Å². The highest BCUT2D eigenvalue weighted by atomic mass is 16.4. The molecule has 6 nitrogen and oxygen atoms in total.